The summed E-state index contributed by atoms with van der Waals surface area (Å²) in [5, 5.41) is 3.05. The van der Waals surface area contributed by atoms with Crippen molar-refractivity contribution in [3.63, 3.8) is 0 Å². The molecule has 1 N–H and O–H groups in total. The number of nitrogens with zero attached hydrogens (tertiary/aromatic N) is 1. The summed E-state index contributed by atoms with van der Waals surface area (Å²) in [7, 11) is 0. The number of nitrogens with one attached hydrogen (secondary N) is 1. The van der Waals surface area contributed by atoms with Gasteiger partial charge in [0.25, 0.3) is 0 Å². The maximum absolute atomic E-state index is 5.04. The highest BCUT2D eigenvalue weighted by Crippen LogP contribution is 1.99. The van der Waals surface area contributed by atoms with Crippen LogP contribution >= 0.6 is 0 Å². The Morgan fingerprint density at radius 1 is 1.78 bits per heavy atom. The third-order valence-corrected chi connectivity index (χ3v) is 1.27. The second-order valence-corrected chi connectivity index (χ2v) is 1.99. The summed E-state index contributed by atoms with van der Waals surface area (Å²) in [6, 6.07) is 0. The zero-order chi connectivity index (χ0) is 6.53. The van der Waals surface area contributed by atoms with Crippen molar-refractivity contribution in [2.24, 2.45) is 4.99 Å². The predicted octanol–water partition coefficient (Wildman–Crippen LogP) is 0.401. The normalized spacial score (nSPS) is 16.6. The van der Waals surface area contributed by atoms with Crippen molar-refractivity contribution in [2.45, 2.75) is 12.8 Å². The molecule has 9 heavy (non-hydrogen) atoms. The van der Waals surface area contributed by atoms with E-state index in [1.807, 2.05) is 0 Å². The summed E-state index contributed by atoms with van der Waals surface area (Å²) >= 11 is 0. The van der Waals surface area contributed by atoms with Gasteiger partial charge < -0.3 is 5.32 Å². The molecule has 0 aromatic carbocycles. The maximum atomic E-state index is 5.04. The molecule has 2 nitrogen and oxygen atoms in total. The Kier molecular flexibility index (Phi) is 2.14. The highest BCUT2D eigenvalue weighted by atomic mass is 15.0. The molecule has 2 heteroatoms. The molecule has 0 spiro atoms. The predicted molar refractivity (Wildman–Crippen MR) is 38.4 cm³/mol. The Balaban J connectivity index is 2.20. The van der Waals surface area contributed by atoms with Gasteiger partial charge in [0, 0.05) is 13.0 Å². The average Bonchev–Trinajstić information content (AvgIpc) is 2.34. The van der Waals surface area contributed by atoms with Crippen molar-refractivity contribution in [2.75, 3.05) is 13.1 Å². The van der Waals surface area contributed by atoms with Crippen LogP contribution in [0.3, 0.4) is 0 Å². The van der Waals surface area contributed by atoms with Crippen LogP contribution in [0.2, 0.25) is 0 Å². The largest absolute Gasteiger partial charge is 0.363 e. The topological polar surface area (TPSA) is 24.4 Å². The summed E-state index contributed by atoms with van der Waals surface area (Å²) in [6.07, 6.45) is 7.28. The summed E-state index contributed by atoms with van der Waals surface area (Å²) < 4.78 is 0. The van der Waals surface area contributed by atoms with Crippen molar-refractivity contribution < 1.29 is 0 Å². The number of terminal acetylenes is 1. The molecule has 0 aromatic rings. The standard InChI is InChI=1S/C7H10N2/c1-2-5-8-7-4-3-6-9-7/h1H,3-6H2,(H,8,9). The van der Waals surface area contributed by atoms with Crippen molar-refractivity contribution in [3.8, 4) is 12.3 Å². The van der Waals surface area contributed by atoms with E-state index in [9.17, 15) is 0 Å². The zero-order valence-electron chi connectivity index (χ0n) is 5.35. The first-order chi connectivity index (χ1) is 4.43. The van der Waals surface area contributed by atoms with Crippen LogP contribution in [0.5, 0.6) is 0 Å². The Morgan fingerprint density at radius 2 is 2.67 bits per heavy atom. The molecule has 0 aromatic heterocycles. The van der Waals surface area contributed by atoms with Crippen LogP contribution in [0.4, 0.5) is 0 Å². The summed E-state index contributed by atoms with van der Waals surface area (Å²) in [5.41, 5.74) is 0. The van der Waals surface area contributed by atoms with Gasteiger partial charge in [-0.15, -0.1) is 6.42 Å². The molecule has 0 aliphatic carbocycles. The van der Waals surface area contributed by atoms with Crippen molar-refractivity contribution in [3.05, 3.63) is 0 Å². The molecule has 48 valence electrons. The monoisotopic (exact) mass is 122 g/mol. The Hall–Kier alpha value is -0.970. The van der Waals surface area contributed by atoms with Gasteiger partial charge >= 0.3 is 0 Å². The van der Waals surface area contributed by atoms with Gasteiger partial charge in [-0.1, -0.05) is 5.92 Å². The Bertz CT molecular complexity index is 153. The van der Waals surface area contributed by atoms with Gasteiger partial charge in [-0.05, 0) is 6.42 Å². The van der Waals surface area contributed by atoms with Gasteiger partial charge in [0.2, 0.25) is 0 Å². The van der Waals surface area contributed by atoms with Crippen LogP contribution in [-0.2, 0) is 0 Å². The zero-order valence-corrected chi connectivity index (χ0v) is 5.35. The molecule has 1 aliphatic rings. The highest BCUT2D eigenvalue weighted by Gasteiger charge is 2.02. The number of rotatable bonds is 1. The first-order valence-electron chi connectivity index (χ1n) is 3.14. The van der Waals surface area contributed by atoms with Gasteiger partial charge in [0.15, 0.2) is 0 Å². The smallest absolute Gasteiger partial charge is 0.0971 e. The molecule has 0 saturated heterocycles. The lowest BCUT2D eigenvalue weighted by molar-refractivity contribution is 0.941. The first kappa shape index (κ1) is 6.15. The minimum absolute atomic E-state index is 0.610. The minimum atomic E-state index is 0.610. The molecule has 0 saturated carbocycles. The number of aliphatic imine (C=N–C) groups is 1. The minimum Gasteiger partial charge on any atom is -0.363 e. The van der Waals surface area contributed by atoms with E-state index in [0.717, 1.165) is 18.8 Å². The van der Waals surface area contributed by atoms with Crippen LogP contribution in [0, 0.1) is 12.3 Å². The molecule has 1 rings (SSSR count). The van der Waals surface area contributed by atoms with Crippen LogP contribution in [0.15, 0.2) is 4.99 Å². The maximum Gasteiger partial charge on any atom is 0.0971 e. The lowest BCUT2D eigenvalue weighted by atomic mass is 10.3. The second kappa shape index (κ2) is 3.13. The molecule has 0 amide bonds. The van der Waals surface area contributed by atoms with Crippen LogP contribution < -0.4 is 5.32 Å². The van der Waals surface area contributed by atoms with Gasteiger partial charge in [-0.2, -0.15) is 0 Å². The quantitative estimate of drug-likeness (QED) is 0.500. The number of amidine groups is 1. The van der Waals surface area contributed by atoms with Gasteiger partial charge in [0.1, 0.15) is 0 Å². The SMILES string of the molecule is C#CCNC1=NCCC1. The number of hydrogen-bond acceptors (Lipinski definition) is 2. The Labute approximate surface area is 55.4 Å². The summed E-state index contributed by atoms with van der Waals surface area (Å²) in [6.45, 7) is 1.58. The first-order valence-corrected chi connectivity index (χ1v) is 3.14. The molecular weight excluding hydrogens is 112 g/mol. The van der Waals surface area contributed by atoms with E-state index in [-0.39, 0.29) is 0 Å². The second-order valence-electron chi connectivity index (χ2n) is 1.99. The molecular formula is C7H10N2. The molecule has 0 unspecified atom stereocenters. The fourth-order valence-corrected chi connectivity index (χ4v) is 0.837. The van der Waals surface area contributed by atoms with Crippen LogP contribution in [0.1, 0.15) is 12.8 Å². The van der Waals surface area contributed by atoms with Crippen molar-refractivity contribution >= 4 is 5.84 Å². The fraction of sp³-hybridized carbons (Fsp3) is 0.571. The van der Waals surface area contributed by atoms with Gasteiger partial charge in [-0.3, -0.25) is 4.99 Å². The average molecular weight is 122 g/mol. The Morgan fingerprint density at radius 3 is 3.22 bits per heavy atom. The molecule has 0 radical (unpaired) electrons. The molecule has 1 aliphatic heterocycles. The third kappa shape index (κ3) is 1.77. The van der Waals surface area contributed by atoms with E-state index >= 15 is 0 Å². The van der Waals surface area contributed by atoms with Crippen molar-refractivity contribution in [1.29, 1.82) is 0 Å². The van der Waals surface area contributed by atoms with E-state index < -0.39 is 0 Å². The van der Waals surface area contributed by atoms with Gasteiger partial charge in [-0.25, -0.2) is 0 Å². The molecule has 1 heterocycles. The lowest BCUT2D eigenvalue weighted by Crippen LogP contribution is -2.21. The van der Waals surface area contributed by atoms with E-state index in [1.54, 1.807) is 0 Å². The van der Waals surface area contributed by atoms with Crippen LogP contribution in [-0.4, -0.2) is 18.9 Å². The van der Waals surface area contributed by atoms with Gasteiger partial charge in [0.05, 0.1) is 12.4 Å². The van der Waals surface area contributed by atoms with E-state index in [1.165, 1.54) is 6.42 Å². The third-order valence-electron chi connectivity index (χ3n) is 1.27. The fourth-order valence-electron chi connectivity index (χ4n) is 0.837. The molecule has 0 atom stereocenters. The number of hydrogen-bond donors (Lipinski definition) is 1. The van der Waals surface area contributed by atoms with E-state index in [4.69, 9.17) is 6.42 Å². The molecule has 0 fully saturated rings. The van der Waals surface area contributed by atoms with E-state index in [2.05, 4.69) is 16.2 Å². The summed E-state index contributed by atoms with van der Waals surface area (Å²) in [4.78, 5) is 4.18. The van der Waals surface area contributed by atoms with Crippen LogP contribution in [0.25, 0.3) is 0 Å². The highest BCUT2D eigenvalue weighted by molar-refractivity contribution is 5.83. The van der Waals surface area contributed by atoms with Crippen molar-refractivity contribution in [1.82, 2.24) is 5.32 Å². The summed E-state index contributed by atoms with van der Waals surface area (Å²) in [5.74, 6) is 3.58. The lowest BCUT2D eigenvalue weighted by Gasteiger charge is -1.97. The van der Waals surface area contributed by atoms with E-state index in [0.29, 0.717) is 6.54 Å². The molecule has 0 bridgehead atoms.